The van der Waals surface area contributed by atoms with Crippen molar-refractivity contribution >= 4 is 22.6 Å². The van der Waals surface area contributed by atoms with Gasteiger partial charge in [-0.25, -0.2) is 0 Å². The molecule has 5 heteroatoms. The van der Waals surface area contributed by atoms with Crippen LogP contribution in [0.25, 0.3) is 11.0 Å². The Kier molecular flexibility index (Phi) is 3.59. The van der Waals surface area contributed by atoms with E-state index in [0.29, 0.717) is 17.9 Å². The lowest BCUT2D eigenvalue weighted by Crippen LogP contribution is -2.11. The predicted octanol–water partition coefficient (Wildman–Crippen LogP) is 3.93. The number of furan rings is 1. The molecule has 2 aromatic heterocycles. The molecule has 24 heavy (non-hydrogen) atoms. The second-order valence-corrected chi connectivity index (χ2v) is 5.51. The van der Waals surface area contributed by atoms with E-state index < -0.39 is 0 Å². The maximum Gasteiger partial charge on any atom is 0.291 e. The first kappa shape index (κ1) is 14.3. The average molecular weight is 317 g/mol. The largest absolute Gasteiger partial charge is 0.451 e. The minimum Gasteiger partial charge on any atom is -0.451 e. The Balaban J connectivity index is 1.53. The van der Waals surface area contributed by atoms with E-state index in [1.165, 1.54) is 0 Å². The van der Waals surface area contributed by atoms with Gasteiger partial charge in [-0.2, -0.15) is 5.10 Å². The van der Waals surface area contributed by atoms with Crippen molar-refractivity contribution in [1.82, 2.24) is 9.78 Å². The molecule has 0 radical (unpaired) electrons. The summed E-state index contributed by atoms with van der Waals surface area (Å²) in [5, 5.41) is 7.98. The van der Waals surface area contributed by atoms with E-state index in [2.05, 4.69) is 10.4 Å². The molecule has 1 amide bonds. The van der Waals surface area contributed by atoms with E-state index in [-0.39, 0.29) is 5.91 Å². The van der Waals surface area contributed by atoms with E-state index >= 15 is 0 Å². The summed E-state index contributed by atoms with van der Waals surface area (Å²) in [7, 11) is 0. The SMILES string of the molecule is O=C(Nc1cccc(Cn2cccn2)c1)c1cc2ccccc2o1. The third-order valence-electron chi connectivity index (χ3n) is 3.74. The number of carbonyl (C=O) groups excluding carboxylic acids is 1. The first-order valence-electron chi connectivity index (χ1n) is 7.64. The average Bonchev–Trinajstić information content (AvgIpc) is 3.24. The van der Waals surface area contributed by atoms with Crippen LogP contribution in [0.1, 0.15) is 16.1 Å². The summed E-state index contributed by atoms with van der Waals surface area (Å²) in [4.78, 5) is 12.4. The van der Waals surface area contributed by atoms with Crippen LogP contribution in [-0.2, 0) is 6.54 Å². The normalized spacial score (nSPS) is 10.8. The van der Waals surface area contributed by atoms with E-state index in [4.69, 9.17) is 4.42 Å². The van der Waals surface area contributed by atoms with Gasteiger partial charge in [0.25, 0.3) is 5.91 Å². The molecule has 5 nitrogen and oxygen atoms in total. The minimum atomic E-state index is -0.262. The number of nitrogens with one attached hydrogen (secondary N) is 1. The lowest BCUT2D eigenvalue weighted by Gasteiger charge is -2.06. The topological polar surface area (TPSA) is 60.1 Å². The summed E-state index contributed by atoms with van der Waals surface area (Å²) in [6.07, 6.45) is 3.65. The van der Waals surface area contributed by atoms with Crippen LogP contribution in [0, 0.1) is 0 Å². The molecule has 118 valence electrons. The zero-order valence-electron chi connectivity index (χ0n) is 12.8. The number of hydrogen-bond acceptors (Lipinski definition) is 3. The van der Waals surface area contributed by atoms with Crippen LogP contribution in [0.4, 0.5) is 5.69 Å². The first-order valence-corrected chi connectivity index (χ1v) is 7.64. The first-order chi connectivity index (χ1) is 11.8. The van der Waals surface area contributed by atoms with Crippen LogP contribution in [0.3, 0.4) is 0 Å². The quantitative estimate of drug-likeness (QED) is 0.620. The Labute approximate surface area is 138 Å². The van der Waals surface area contributed by atoms with Crippen molar-refractivity contribution in [3.8, 4) is 0 Å². The number of amides is 1. The van der Waals surface area contributed by atoms with Gasteiger partial charge in [0, 0.05) is 23.5 Å². The third kappa shape index (κ3) is 2.92. The van der Waals surface area contributed by atoms with Gasteiger partial charge in [0.1, 0.15) is 5.58 Å². The van der Waals surface area contributed by atoms with Gasteiger partial charge >= 0.3 is 0 Å². The van der Waals surface area contributed by atoms with Gasteiger partial charge in [0.2, 0.25) is 0 Å². The molecule has 4 rings (SSSR count). The fourth-order valence-electron chi connectivity index (χ4n) is 2.61. The van der Waals surface area contributed by atoms with Crippen LogP contribution in [-0.4, -0.2) is 15.7 Å². The number of para-hydroxylation sites is 1. The third-order valence-corrected chi connectivity index (χ3v) is 3.74. The highest BCUT2D eigenvalue weighted by molar-refractivity contribution is 6.04. The molecule has 0 bridgehead atoms. The Morgan fingerprint density at radius 1 is 1.08 bits per heavy atom. The second kappa shape index (κ2) is 6.04. The monoisotopic (exact) mass is 317 g/mol. The van der Waals surface area contributed by atoms with Gasteiger partial charge in [-0.1, -0.05) is 30.3 Å². The molecule has 2 aromatic carbocycles. The Morgan fingerprint density at radius 3 is 2.83 bits per heavy atom. The van der Waals surface area contributed by atoms with Crippen molar-refractivity contribution in [1.29, 1.82) is 0 Å². The van der Waals surface area contributed by atoms with Gasteiger partial charge in [-0.05, 0) is 35.9 Å². The molecule has 0 atom stereocenters. The van der Waals surface area contributed by atoms with E-state index in [0.717, 1.165) is 16.6 Å². The van der Waals surface area contributed by atoms with Crippen molar-refractivity contribution in [3.63, 3.8) is 0 Å². The summed E-state index contributed by atoms with van der Waals surface area (Å²) in [5.74, 6) is 0.0381. The van der Waals surface area contributed by atoms with E-state index in [1.54, 1.807) is 12.3 Å². The Morgan fingerprint density at radius 2 is 2.00 bits per heavy atom. The van der Waals surface area contributed by atoms with Crippen molar-refractivity contribution in [2.24, 2.45) is 0 Å². The summed E-state index contributed by atoms with van der Waals surface area (Å²) < 4.78 is 7.42. The maximum absolute atomic E-state index is 12.4. The van der Waals surface area contributed by atoms with Crippen LogP contribution in [0.5, 0.6) is 0 Å². The van der Waals surface area contributed by atoms with Gasteiger partial charge in [-0.3, -0.25) is 9.48 Å². The molecule has 2 heterocycles. The second-order valence-electron chi connectivity index (χ2n) is 5.51. The Hall–Kier alpha value is -3.34. The van der Waals surface area contributed by atoms with Crippen molar-refractivity contribution < 1.29 is 9.21 Å². The molecule has 0 saturated heterocycles. The zero-order valence-corrected chi connectivity index (χ0v) is 12.8. The molecule has 0 aliphatic heterocycles. The minimum absolute atomic E-state index is 0.262. The molecule has 0 aliphatic rings. The molecular weight excluding hydrogens is 302 g/mol. The summed E-state index contributed by atoms with van der Waals surface area (Å²) in [6, 6.07) is 18.9. The fourth-order valence-corrected chi connectivity index (χ4v) is 2.61. The number of aromatic nitrogens is 2. The summed E-state index contributed by atoms with van der Waals surface area (Å²) in [6.45, 7) is 0.654. The number of anilines is 1. The van der Waals surface area contributed by atoms with Crippen LogP contribution in [0.2, 0.25) is 0 Å². The zero-order chi connectivity index (χ0) is 16.4. The summed E-state index contributed by atoms with van der Waals surface area (Å²) in [5.41, 5.74) is 2.49. The van der Waals surface area contributed by atoms with Gasteiger partial charge in [0.15, 0.2) is 5.76 Å². The highest BCUT2D eigenvalue weighted by atomic mass is 16.3. The van der Waals surface area contributed by atoms with Crippen molar-refractivity contribution in [2.45, 2.75) is 6.54 Å². The van der Waals surface area contributed by atoms with Crippen LogP contribution >= 0.6 is 0 Å². The number of carbonyl (C=O) groups is 1. The number of rotatable bonds is 4. The van der Waals surface area contributed by atoms with E-state index in [1.807, 2.05) is 65.5 Å². The lowest BCUT2D eigenvalue weighted by atomic mass is 10.2. The maximum atomic E-state index is 12.4. The fraction of sp³-hybridized carbons (Fsp3) is 0.0526. The molecule has 0 aliphatic carbocycles. The smallest absolute Gasteiger partial charge is 0.291 e. The predicted molar refractivity (Wildman–Crippen MR) is 91.9 cm³/mol. The molecule has 1 N–H and O–H groups in total. The lowest BCUT2D eigenvalue weighted by molar-refractivity contribution is 0.0998. The highest BCUT2D eigenvalue weighted by Gasteiger charge is 2.12. The van der Waals surface area contributed by atoms with Gasteiger partial charge in [0.05, 0.1) is 6.54 Å². The number of hydrogen-bond donors (Lipinski definition) is 1. The summed E-state index contributed by atoms with van der Waals surface area (Å²) >= 11 is 0. The van der Waals surface area contributed by atoms with Crippen LogP contribution < -0.4 is 5.32 Å². The van der Waals surface area contributed by atoms with E-state index in [9.17, 15) is 4.79 Å². The standard InChI is InChI=1S/C19H15N3O2/c23-19(18-12-15-6-1-2-8-17(15)24-18)21-16-7-3-5-14(11-16)13-22-10-4-9-20-22/h1-12H,13H2,(H,21,23). The number of benzene rings is 2. The Bertz CT molecular complexity index is 954. The molecule has 0 unspecified atom stereocenters. The van der Waals surface area contributed by atoms with Crippen LogP contribution in [0.15, 0.2) is 77.5 Å². The number of fused-ring (bicyclic) bond motifs is 1. The molecule has 4 aromatic rings. The molecule has 0 saturated carbocycles. The molecular formula is C19H15N3O2. The molecule has 0 fully saturated rings. The van der Waals surface area contributed by atoms with Gasteiger partial charge in [-0.15, -0.1) is 0 Å². The van der Waals surface area contributed by atoms with Crippen molar-refractivity contribution in [2.75, 3.05) is 5.32 Å². The highest BCUT2D eigenvalue weighted by Crippen LogP contribution is 2.20. The van der Waals surface area contributed by atoms with Crippen molar-refractivity contribution in [3.05, 3.63) is 84.4 Å². The van der Waals surface area contributed by atoms with Gasteiger partial charge < -0.3 is 9.73 Å². The molecule has 0 spiro atoms. The number of nitrogens with zero attached hydrogens (tertiary/aromatic N) is 2.